The minimum absolute atomic E-state index is 1.01. The first-order chi connectivity index (χ1) is 15.8. The number of aryl methyl sites for hydroxylation is 2. The average Bonchev–Trinajstić information content (AvgIpc) is 2.61. The number of benzene rings is 2. The van der Waals surface area contributed by atoms with Crippen LogP contribution in [0.25, 0.3) is 0 Å². The van der Waals surface area contributed by atoms with Crippen LogP contribution in [0.1, 0.15) is 17.5 Å². The number of rotatable bonds is 12. The van der Waals surface area contributed by atoms with Gasteiger partial charge in [0.15, 0.2) is 0 Å². The molecule has 0 amide bonds. The van der Waals surface area contributed by atoms with Gasteiger partial charge >= 0.3 is 0 Å². The fraction of sp³-hybridized carbons (Fsp3) is 0.556. The molecule has 4 nitrogen and oxygen atoms in total. The molecule has 0 spiro atoms. The molecule has 2 N–H and O–H groups in total. The van der Waals surface area contributed by atoms with E-state index in [9.17, 15) is 0 Å². The Labute approximate surface area is 219 Å². The van der Waals surface area contributed by atoms with Crippen LogP contribution in [-0.2, 0) is 12.8 Å². The predicted molar refractivity (Wildman–Crippen MR) is 167 cm³/mol. The number of nitrogens with one attached hydrogen (secondary N) is 2. The molecule has 0 unspecified atom stereocenters. The van der Waals surface area contributed by atoms with Crippen molar-refractivity contribution >= 4 is 44.5 Å². The van der Waals surface area contributed by atoms with Crippen LogP contribution in [0.3, 0.4) is 0 Å². The van der Waals surface area contributed by atoms with Gasteiger partial charge in [0.2, 0.25) is 16.6 Å². The van der Waals surface area contributed by atoms with E-state index in [1.807, 2.05) is 0 Å². The van der Waals surface area contributed by atoms with E-state index < -0.39 is 33.1 Å². The van der Waals surface area contributed by atoms with E-state index in [-0.39, 0.29) is 0 Å². The van der Waals surface area contributed by atoms with E-state index in [0.29, 0.717) is 0 Å². The van der Waals surface area contributed by atoms with Crippen molar-refractivity contribution in [2.75, 3.05) is 9.96 Å². The van der Waals surface area contributed by atoms with Crippen molar-refractivity contribution < 1.29 is 8.85 Å². The minimum Gasteiger partial charge on any atom is -0.543 e. The standard InChI is InChI=1S/C27H50N2O2Si4/c1-32(2,3)28-24-20-22(16-18-26(24)30-34(7,8)9)14-13-15-23-17-19-27(31-35(10,11)12)25(21-23)29-33(4,5)6/h16-21,28-29H,13-15H2,1-12H3. The monoisotopic (exact) mass is 546 g/mol. The molecule has 0 heterocycles. The summed E-state index contributed by atoms with van der Waals surface area (Å²) in [5.74, 6) is 2.02. The average molecular weight is 547 g/mol. The molecule has 0 saturated carbocycles. The summed E-state index contributed by atoms with van der Waals surface area (Å²) in [7, 11) is -6.31. The number of hydrogen-bond acceptors (Lipinski definition) is 4. The Balaban J connectivity index is 2.16. The zero-order chi connectivity index (χ0) is 26.7. The van der Waals surface area contributed by atoms with E-state index in [0.717, 1.165) is 30.8 Å². The van der Waals surface area contributed by atoms with Crippen LogP contribution in [0.5, 0.6) is 11.5 Å². The molecule has 0 saturated heterocycles. The Morgan fingerprint density at radius 3 is 1.17 bits per heavy atom. The summed E-state index contributed by atoms with van der Waals surface area (Å²) in [5, 5.41) is 0. The summed E-state index contributed by atoms with van der Waals surface area (Å²) < 4.78 is 12.8. The molecular weight excluding hydrogens is 497 g/mol. The third-order valence-electron chi connectivity index (χ3n) is 4.87. The molecule has 0 fully saturated rings. The maximum Gasteiger partial charge on any atom is 0.242 e. The maximum atomic E-state index is 6.39. The molecule has 0 aliphatic rings. The van der Waals surface area contributed by atoms with Crippen molar-refractivity contribution in [2.45, 2.75) is 97.8 Å². The lowest BCUT2D eigenvalue weighted by Crippen LogP contribution is -2.34. The maximum absolute atomic E-state index is 6.39. The van der Waals surface area contributed by atoms with E-state index in [1.165, 1.54) is 22.5 Å². The highest BCUT2D eigenvalue weighted by molar-refractivity contribution is 6.79. The van der Waals surface area contributed by atoms with Gasteiger partial charge in [0.1, 0.15) is 28.0 Å². The SMILES string of the molecule is C[Si](C)(C)Nc1cc(CCCc2ccc(O[Si](C)(C)C)c(N[Si](C)(C)C)c2)ccc1O[Si](C)(C)C. The fourth-order valence-corrected chi connectivity index (χ4v) is 7.49. The van der Waals surface area contributed by atoms with Crippen molar-refractivity contribution in [3.63, 3.8) is 0 Å². The zero-order valence-corrected chi connectivity index (χ0v) is 28.4. The topological polar surface area (TPSA) is 42.5 Å². The number of hydrogen-bond donors (Lipinski definition) is 2. The normalized spacial score (nSPS) is 12.9. The molecule has 35 heavy (non-hydrogen) atoms. The van der Waals surface area contributed by atoms with E-state index in [2.05, 4.69) is 125 Å². The lowest BCUT2D eigenvalue weighted by molar-refractivity contribution is 0.559. The van der Waals surface area contributed by atoms with Crippen molar-refractivity contribution in [1.82, 2.24) is 0 Å². The zero-order valence-electron chi connectivity index (χ0n) is 24.4. The van der Waals surface area contributed by atoms with Gasteiger partial charge in [0.05, 0.1) is 11.4 Å². The third-order valence-corrected chi connectivity index (χ3v) is 8.57. The van der Waals surface area contributed by atoms with Gasteiger partial charge in [0, 0.05) is 0 Å². The molecule has 2 rings (SSSR count). The Morgan fingerprint density at radius 2 is 0.886 bits per heavy atom. The van der Waals surface area contributed by atoms with Crippen LogP contribution < -0.4 is 18.8 Å². The first-order valence-electron chi connectivity index (χ1n) is 13.0. The van der Waals surface area contributed by atoms with Crippen molar-refractivity contribution in [3.8, 4) is 11.5 Å². The predicted octanol–water partition coefficient (Wildman–Crippen LogP) is 8.78. The molecule has 0 bridgehead atoms. The highest BCUT2D eigenvalue weighted by atomic mass is 28.4. The largest absolute Gasteiger partial charge is 0.543 e. The molecular formula is C27H50N2O2Si4. The highest BCUT2D eigenvalue weighted by Gasteiger charge is 2.23. The molecule has 0 radical (unpaired) electrons. The van der Waals surface area contributed by atoms with Crippen LogP contribution in [0.2, 0.25) is 78.6 Å². The first-order valence-corrected chi connectivity index (χ1v) is 26.8. The van der Waals surface area contributed by atoms with Crippen LogP contribution in [0.15, 0.2) is 36.4 Å². The van der Waals surface area contributed by atoms with Gasteiger partial charge in [-0.2, -0.15) is 0 Å². The molecule has 0 aromatic heterocycles. The summed E-state index contributed by atoms with van der Waals surface area (Å²) in [4.78, 5) is 7.59. The molecule has 2 aromatic rings. The van der Waals surface area contributed by atoms with E-state index in [4.69, 9.17) is 8.85 Å². The van der Waals surface area contributed by atoms with E-state index in [1.54, 1.807) is 0 Å². The highest BCUT2D eigenvalue weighted by Crippen LogP contribution is 2.32. The second kappa shape index (κ2) is 11.3. The molecule has 8 heteroatoms. The fourth-order valence-electron chi connectivity index (χ4n) is 3.80. The lowest BCUT2D eigenvalue weighted by Gasteiger charge is -2.27. The van der Waals surface area contributed by atoms with Crippen LogP contribution in [0, 0.1) is 0 Å². The van der Waals surface area contributed by atoms with Crippen LogP contribution in [0.4, 0.5) is 11.4 Å². The summed E-state index contributed by atoms with van der Waals surface area (Å²) in [5.41, 5.74) is 5.07. The van der Waals surface area contributed by atoms with Crippen LogP contribution >= 0.6 is 0 Å². The molecule has 0 aliphatic carbocycles. The summed E-state index contributed by atoms with van der Waals surface area (Å²) in [6.45, 7) is 27.4. The second-order valence-electron chi connectivity index (χ2n) is 13.7. The Bertz CT molecular complexity index is 905. The molecule has 2 aromatic carbocycles. The Hall–Kier alpha value is -1.49. The van der Waals surface area contributed by atoms with Gasteiger partial charge in [-0.05, 0) is 93.9 Å². The van der Waals surface area contributed by atoms with Gasteiger partial charge in [-0.15, -0.1) is 0 Å². The van der Waals surface area contributed by atoms with Gasteiger partial charge in [-0.1, -0.05) is 51.4 Å². The Kier molecular flexibility index (Phi) is 9.58. The van der Waals surface area contributed by atoms with Crippen molar-refractivity contribution in [3.05, 3.63) is 47.5 Å². The number of anilines is 2. The van der Waals surface area contributed by atoms with E-state index >= 15 is 0 Å². The third kappa shape index (κ3) is 11.9. The molecule has 196 valence electrons. The quantitative estimate of drug-likeness (QED) is 0.261. The first kappa shape index (κ1) is 29.7. The summed E-state index contributed by atoms with van der Waals surface area (Å²) in [6, 6.07) is 13.5. The minimum atomic E-state index is -1.67. The molecule has 0 atom stereocenters. The lowest BCUT2D eigenvalue weighted by atomic mass is 10.0. The van der Waals surface area contributed by atoms with Crippen molar-refractivity contribution in [2.24, 2.45) is 0 Å². The van der Waals surface area contributed by atoms with Gasteiger partial charge < -0.3 is 18.8 Å². The Morgan fingerprint density at radius 1 is 0.543 bits per heavy atom. The smallest absolute Gasteiger partial charge is 0.242 e. The van der Waals surface area contributed by atoms with Crippen molar-refractivity contribution in [1.29, 1.82) is 0 Å². The summed E-state index contributed by atoms with van der Waals surface area (Å²) >= 11 is 0. The van der Waals surface area contributed by atoms with Gasteiger partial charge in [-0.3, -0.25) is 0 Å². The van der Waals surface area contributed by atoms with Crippen LogP contribution in [-0.4, -0.2) is 33.1 Å². The summed E-state index contributed by atoms with van der Waals surface area (Å²) in [6.07, 6.45) is 3.22. The van der Waals surface area contributed by atoms with Gasteiger partial charge in [0.25, 0.3) is 0 Å². The molecule has 0 aliphatic heterocycles. The second-order valence-corrected chi connectivity index (χ2v) is 32.1. The van der Waals surface area contributed by atoms with Gasteiger partial charge in [-0.25, -0.2) is 0 Å².